The monoisotopic (exact) mass is 426 g/mol. The number of pyridine rings is 1. The van der Waals surface area contributed by atoms with Gasteiger partial charge in [0.25, 0.3) is 5.89 Å². The Morgan fingerprint density at radius 1 is 1.00 bits per heavy atom. The quantitative estimate of drug-likeness (QED) is 0.537. The lowest BCUT2D eigenvalue weighted by Gasteiger charge is -2.20. The first-order valence-electron chi connectivity index (χ1n) is 10.5. The Balaban J connectivity index is 1.89. The van der Waals surface area contributed by atoms with Crippen LogP contribution in [0.25, 0.3) is 22.8 Å². The van der Waals surface area contributed by atoms with Crippen molar-refractivity contribution in [2.45, 2.75) is 40.7 Å². The third-order valence-corrected chi connectivity index (χ3v) is 5.05. The minimum atomic E-state index is -0.914. The first-order valence-corrected chi connectivity index (χ1v) is 10.5. The molecule has 1 aromatic carbocycles. The second-order valence-corrected chi connectivity index (χ2v) is 7.54. The molecule has 0 aliphatic carbocycles. The van der Waals surface area contributed by atoms with Gasteiger partial charge in [-0.15, -0.1) is 0 Å². The first kappa shape index (κ1) is 22.7. The molecule has 0 saturated carbocycles. The fourth-order valence-corrected chi connectivity index (χ4v) is 3.48. The number of anilines is 1. The van der Waals surface area contributed by atoms with E-state index in [2.05, 4.69) is 33.9 Å². The minimum Gasteiger partial charge on any atom is -0.490 e. The Labute approximate surface area is 182 Å². The molecule has 1 atom stereocenters. The van der Waals surface area contributed by atoms with Crippen molar-refractivity contribution in [1.29, 1.82) is 0 Å². The lowest BCUT2D eigenvalue weighted by atomic mass is 10.1. The fourth-order valence-electron chi connectivity index (χ4n) is 3.48. The van der Waals surface area contributed by atoms with Crippen LogP contribution in [-0.2, 0) is 0 Å². The molecular formula is C23H30N4O4. The zero-order chi connectivity index (χ0) is 22.5. The van der Waals surface area contributed by atoms with Crippen LogP contribution >= 0.6 is 0 Å². The molecule has 0 aliphatic heterocycles. The van der Waals surface area contributed by atoms with Crippen molar-refractivity contribution in [1.82, 2.24) is 15.1 Å². The second-order valence-electron chi connectivity index (χ2n) is 7.54. The molecule has 3 aromatic rings. The Morgan fingerprint density at radius 2 is 1.68 bits per heavy atom. The molecule has 0 amide bonds. The number of nitrogens with zero attached hydrogens (tertiary/aromatic N) is 4. The molecular weight excluding hydrogens is 396 g/mol. The molecule has 2 N–H and O–H groups in total. The summed E-state index contributed by atoms with van der Waals surface area (Å²) < 4.78 is 11.2. The van der Waals surface area contributed by atoms with Crippen LogP contribution in [-0.4, -0.2) is 57.7 Å². The summed E-state index contributed by atoms with van der Waals surface area (Å²) in [7, 11) is 0. The maximum Gasteiger partial charge on any atom is 0.258 e. The summed E-state index contributed by atoms with van der Waals surface area (Å²) in [5.74, 6) is 2.49. The van der Waals surface area contributed by atoms with Crippen LogP contribution in [0.15, 0.2) is 28.8 Å². The number of ether oxygens (including phenoxy) is 1. The number of benzene rings is 1. The molecule has 0 saturated heterocycles. The summed E-state index contributed by atoms with van der Waals surface area (Å²) in [6.45, 7) is 11.4. The average molecular weight is 427 g/mol. The number of hydrogen-bond donors (Lipinski definition) is 2. The second kappa shape index (κ2) is 9.89. The van der Waals surface area contributed by atoms with Crippen LogP contribution in [0.3, 0.4) is 0 Å². The molecule has 0 unspecified atom stereocenters. The van der Waals surface area contributed by atoms with Gasteiger partial charge in [0.05, 0.1) is 6.61 Å². The lowest BCUT2D eigenvalue weighted by Crippen LogP contribution is -2.23. The van der Waals surface area contributed by atoms with E-state index in [1.807, 2.05) is 45.0 Å². The lowest BCUT2D eigenvalue weighted by molar-refractivity contribution is 0.0532. The molecule has 3 rings (SSSR count). The van der Waals surface area contributed by atoms with E-state index in [-0.39, 0.29) is 13.2 Å². The van der Waals surface area contributed by atoms with Crippen LogP contribution < -0.4 is 9.64 Å². The Kier molecular flexibility index (Phi) is 7.25. The van der Waals surface area contributed by atoms with Gasteiger partial charge in [-0.2, -0.15) is 4.98 Å². The van der Waals surface area contributed by atoms with Crippen molar-refractivity contribution in [3.8, 4) is 28.6 Å². The van der Waals surface area contributed by atoms with E-state index in [0.717, 1.165) is 46.9 Å². The van der Waals surface area contributed by atoms with Crippen LogP contribution in [0, 0.1) is 20.8 Å². The van der Waals surface area contributed by atoms with E-state index >= 15 is 0 Å². The molecule has 8 heteroatoms. The van der Waals surface area contributed by atoms with Gasteiger partial charge in [-0.05, 0) is 70.0 Å². The van der Waals surface area contributed by atoms with Crippen molar-refractivity contribution >= 4 is 5.82 Å². The van der Waals surface area contributed by atoms with E-state index < -0.39 is 6.10 Å². The highest BCUT2D eigenvalue weighted by Crippen LogP contribution is 2.31. The molecule has 166 valence electrons. The standard InChI is InChI=1S/C23H30N4O4/c1-6-27(7-2)20-11-18(10-16(5)24-20)23-25-22(26-31-23)17-8-14(3)21(15(4)9-17)30-13-19(29)12-28/h8-11,19,28-29H,6-7,12-13H2,1-5H3/t19-/m1/s1. The highest BCUT2D eigenvalue weighted by Gasteiger charge is 2.16. The summed E-state index contributed by atoms with van der Waals surface area (Å²) in [5.41, 5.74) is 4.30. The normalized spacial score (nSPS) is 12.1. The van der Waals surface area contributed by atoms with Gasteiger partial charge >= 0.3 is 0 Å². The highest BCUT2D eigenvalue weighted by molar-refractivity contribution is 5.65. The van der Waals surface area contributed by atoms with Gasteiger partial charge in [0.15, 0.2) is 0 Å². The third-order valence-electron chi connectivity index (χ3n) is 5.05. The first-order chi connectivity index (χ1) is 14.9. The van der Waals surface area contributed by atoms with Crippen molar-refractivity contribution in [3.63, 3.8) is 0 Å². The Morgan fingerprint density at radius 3 is 2.29 bits per heavy atom. The van der Waals surface area contributed by atoms with Gasteiger partial charge in [0, 0.05) is 29.9 Å². The highest BCUT2D eigenvalue weighted by atomic mass is 16.5. The smallest absolute Gasteiger partial charge is 0.258 e. The van der Waals surface area contributed by atoms with Crippen LogP contribution in [0.1, 0.15) is 30.7 Å². The van der Waals surface area contributed by atoms with Crippen molar-refractivity contribution in [2.24, 2.45) is 0 Å². The van der Waals surface area contributed by atoms with E-state index in [1.54, 1.807) is 0 Å². The topological polar surface area (TPSA) is 105 Å². The predicted molar refractivity (Wildman–Crippen MR) is 119 cm³/mol. The number of aromatic nitrogens is 3. The minimum absolute atomic E-state index is 0.0279. The number of aliphatic hydroxyl groups is 2. The molecule has 8 nitrogen and oxygen atoms in total. The van der Waals surface area contributed by atoms with Crippen molar-refractivity contribution in [2.75, 3.05) is 31.2 Å². The molecule has 0 radical (unpaired) electrons. The van der Waals surface area contributed by atoms with Gasteiger partial charge < -0.3 is 24.4 Å². The summed E-state index contributed by atoms with van der Waals surface area (Å²) in [6, 6.07) is 7.74. The number of aryl methyl sites for hydroxylation is 3. The number of hydrogen-bond acceptors (Lipinski definition) is 8. The Bertz CT molecular complexity index is 1010. The molecule has 0 bridgehead atoms. The van der Waals surface area contributed by atoms with Crippen LogP contribution in [0.5, 0.6) is 5.75 Å². The van der Waals surface area contributed by atoms with Gasteiger partial charge in [-0.3, -0.25) is 0 Å². The van der Waals surface area contributed by atoms with Crippen LogP contribution in [0.2, 0.25) is 0 Å². The van der Waals surface area contributed by atoms with Gasteiger partial charge in [0.1, 0.15) is 24.3 Å². The fraction of sp³-hybridized carbons (Fsp3) is 0.435. The molecule has 2 heterocycles. The van der Waals surface area contributed by atoms with Gasteiger partial charge in [-0.1, -0.05) is 5.16 Å². The number of aliphatic hydroxyl groups excluding tert-OH is 2. The summed E-state index contributed by atoms with van der Waals surface area (Å²) in [4.78, 5) is 11.4. The molecule has 2 aromatic heterocycles. The van der Waals surface area contributed by atoms with E-state index in [9.17, 15) is 5.11 Å². The predicted octanol–water partition coefficient (Wildman–Crippen LogP) is 3.30. The maximum atomic E-state index is 9.53. The number of rotatable bonds is 9. The van der Waals surface area contributed by atoms with Gasteiger partial charge in [-0.25, -0.2) is 4.98 Å². The van der Waals surface area contributed by atoms with E-state index in [1.165, 1.54) is 0 Å². The maximum absolute atomic E-state index is 9.53. The zero-order valence-electron chi connectivity index (χ0n) is 18.7. The average Bonchev–Trinajstić information content (AvgIpc) is 3.24. The van der Waals surface area contributed by atoms with E-state index in [0.29, 0.717) is 17.5 Å². The molecule has 31 heavy (non-hydrogen) atoms. The molecule has 0 spiro atoms. The van der Waals surface area contributed by atoms with E-state index in [4.69, 9.17) is 14.4 Å². The zero-order valence-corrected chi connectivity index (χ0v) is 18.7. The molecule has 0 aliphatic rings. The molecule has 0 fully saturated rings. The summed E-state index contributed by atoms with van der Waals surface area (Å²) in [6.07, 6.45) is -0.914. The van der Waals surface area contributed by atoms with Gasteiger partial charge in [0.2, 0.25) is 5.82 Å². The van der Waals surface area contributed by atoms with Crippen LogP contribution in [0.4, 0.5) is 5.82 Å². The SMILES string of the molecule is CCN(CC)c1cc(-c2nc(-c3cc(C)c(OC[C@H](O)CO)c(C)c3)no2)cc(C)n1. The van der Waals surface area contributed by atoms with Crippen molar-refractivity contribution in [3.05, 3.63) is 41.1 Å². The van der Waals surface area contributed by atoms with Crippen molar-refractivity contribution < 1.29 is 19.5 Å². The third kappa shape index (κ3) is 5.21. The largest absolute Gasteiger partial charge is 0.490 e. The summed E-state index contributed by atoms with van der Waals surface area (Å²) >= 11 is 0. The Hall–Kier alpha value is -2.97. The summed E-state index contributed by atoms with van der Waals surface area (Å²) in [5, 5.41) is 22.7.